The lowest BCUT2D eigenvalue weighted by atomic mass is 9.84. The monoisotopic (exact) mass is 634 g/mol. The van der Waals surface area contributed by atoms with Crippen LogP contribution in [0.5, 0.6) is 0 Å². The van der Waals surface area contributed by atoms with Crippen molar-refractivity contribution in [3.05, 3.63) is 72.0 Å². The average Bonchev–Trinajstić information content (AvgIpc) is 3.49. The van der Waals surface area contributed by atoms with E-state index in [1.165, 1.54) is 0 Å². The number of amides is 4. The Labute approximate surface area is 268 Å². The van der Waals surface area contributed by atoms with Gasteiger partial charge in [0.25, 0.3) is 11.8 Å². The highest BCUT2D eigenvalue weighted by Gasteiger charge is 2.45. The van der Waals surface area contributed by atoms with Crippen LogP contribution in [0.4, 0.5) is 0 Å². The molecule has 4 amide bonds. The van der Waals surface area contributed by atoms with Gasteiger partial charge in [0.1, 0.15) is 11.6 Å². The van der Waals surface area contributed by atoms with E-state index in [2.05, 4.69) is 33.9 Å². The Morgan fingerprint density at radius 2 is 1.69 bits per heavy atom. The summed E-state index contributed by atoms with van der Waals surface area (Å²) in [7, 11) is 0. The van der Waals surface area contributed by atoms with E-state index in [1.807, 2.05) is 48.5 Å². The molecule has 1 saturated heterocycles. The lowest BCUT2D eigenvalue weighted by Gasteiger charge is -2.36. The van der Waals surface area contributed by atoms with E-state index in [0.29, 0.717) is 25.0 Å². The molecule has 1 aromatic heterocycles. The van der Waals surface area contributed by atoms with Crippen LogP contribution in [0, 0.1) is 11.8 Å². The van der Waals surface area contributed by atoms with Crippen molar-refractivity contribution in [1.29, 1.82) is 0 Å². The molecule has 2 aliphatic rings. The molecule has 2 heterocycles. The molecule has 4 atom stereocenters. The van der Waals surface area contributed by atoms with E-state index in [1.54, 1.807) is 12.1 Å². The van der Waals surface area contributed by atoms with Crippen molar-refractivity contribution < 1.29 is 28.7 Å². The number of benzene rings is 2. The van der Waals surface area contributed by atoms with Crippen molar-refractivity contribution in [3.8, 4) is 0 Å². The average molecular weight is 635 g/mol. The van der Waals surface area contributed by atoms with Crippen LogP contribution in [-0.2, 0) is 20.9 Å². The van der Waals surface area contributed by atoms with Gasteiger partial charge in [-0.15, -0.1) is 12.6 Å². The van der Waals surface area contributed by atoms with Gasteiger partial charge in [0.05, 0.1) is 6.04 Å². The molecule has 45 heavy (non-hydrogen) atoms. The molecule has 5 rings (SSSR count). The third kappa shape index (κ3) is 8.46. The minimum Gasteiger partial charge on any atom is -0.451 e. The molecule has 1 saturated carbocycles. The van der Waals surface area contributed by atoms with Crippen LogP contribution in [0.2, 0.25) is 0 Å². The second-order valence-corrected chi connectivity index (χ2v) is 12.9. The van der Waals surface area contributed by atoms with Gasteiger partial charge in [-0.25, -0.2) is 0 Å². The predicted molar refractivity (Wildman–Crippen MR) is 173 cm³/mol. The largest absolute Gasteiger partial charge is 0.451 e. The minimum absolute atomic E-state index is 0.00992. The van der Waals surface area contributed by atoms with Gasteiger partial charge in [-0.3, -0.25) is 19.2 Å². The van der Waals surface area contributed by atoms with Crippen molar-refractivity contribution in [3.63, 3.8) is 0 Å². The van der Waals surface area contributed by atoms with Crippen LogP contribution in [0.3, 0.4) is 0 Å². The molecule has 1 aliphatic heterocycles. The molecule has 2 aromatic carbocycles. The maximum atomic E-state index is 14.0. The highest BCUT2D eigenvalue weighted by Crippen LogP contribution is 2.30. The first-order valence-corrected chi connectivity index (χ1v) is 16.3. The second kappa shape index (κ2) is 15.0. The summed E-state index contributed by atoms with van der Waals surface area (Å²) in [5, 5.41) is 23.5. The predicted octanol–water partition coefficient (Wildman–Crippen LogP) is 3.84. The lowest BCUT2D eigenvalue weighted by molar-refractivity contribution is -0.137. The van der Waals surface area contributed by atoms with Crippen molar-refractivity contribution in [2.24, 2.45) is 11.8 Å². The smallest absolute Gasteiger partial charge is 0.287 e. The fourth-order valence-corrected chi connectivity index (χ4v) is 6.57. The molecular formula is C34H42N4O6S. The number of furan rings is 1. The molecule has 0 spiro atoms. The Morgan fingerprint density at radius 3 is 2.42 bits per heavy atom. The van der Waals surface area contributed by atoms with E-state index < -0.39 is 40.7 Å². The first kappa shape index (κ1) is 32.6. The Morgan fingerprint density at radius 1 is 0.956 bits per heavy atom. The fraction of sp³-hybridized carbons (Fsp3) is 0.471. The molecule has 240 valence electrons. The molecule has 11 heteroatoms. The third-order valence-electron chi connectivity index (χ3n) is 8.92. The van der Waals surface area contributed by atoms with Crippen LogP contribution in [-0.4, -0.2) is 52.3 Å². The highest BCUT2D eigenvalue weighted by molar-refractivity contribution is 7.82. The summed E-state index contributed by atoms with van der Waals surface area (Å²) in [6, 6.07) is 15.9. The van der Waals surface area contributed by atoms with E-state index in [4.69, 9.17) is 4.42 Å². The molecule has 0 radical (unpaired) electrons. The summed E-state index contributed by atoms with van der Waals surface area (Å²) >= 11 is 4.38. The van der Waals surface area contributed by atoms with Crippen molar-refractivity contribution in [2.75, 3.05) is 6.54 Å². The van der Waals surface area contributed by atoms with E-state index in [9.17, 15) is 24.3 Å². The highest BCUT2D eigenvalue weighted by atomic mass is 32.1. The number of para-hydroxylation sites is 1. The van der Waals surface area contributed by atoms with Gasteiger partial charge < -0.3 is 30.8 Å². The number of carbonyl (C=O) groups is 4. The van der Waals surface area contributed by atoms with E-state index in [0.717, 1.165) is 49.5 Å². The van der Waals surface area contributed by atoms with E-state index >= 15 is 0 Å². The minimum atomic E-state index is -2.35. The van der Waals surface area contributed by atoms with Crippen LogP contribution in [0.25, 0.3) is 11.0 Å². The number of hydrogen-bond donors (Lipinski definition) is 6. The van der Waals surface area contributed by atoms with Gasteiger partial charge in [0.15, 0.2) is 5.76 Å². The number of thiol groups is 1. The molecule has 2 fully saturated rings. The lowest BCUT2D eigenvalue weighted by Crippen LogP contribution is -2.61. The third-order valence-corrected chi connectivity index (χ3v) is 9.43. The molecule has 3 aromatic rings. The zero-order valence-electron chi connectivity index (χ0n) is 25.3. The van der Waals surface area contributed by atoms with Crippen LogP contribution >= 0.6 is 12.6 Å². The molecule has 0 bridgehead atoms. The number of fused-ring (bicyclic) bond motifs is 1. The Bertz CT molecular complexity index is 1450. The SMILES string of the molecule is O=C(N[C@@H](CC1CCCCC1)C(=O)N[C@@H](C[C@@H]1CCCNC1=O)[C@@](O)(S)C(=O)NCc1ccccc1)c1cc2ccccc2o1. The summed E-state index contributed by atoms with van der Waals surface area (Å²) in [5.41, 5.74) is 1.38. The summed E-state index contributed by atoms with van der Waals surface area (Å²) in [4.78, 5) is 51.1. The van der Waals surface area contributed by atoms with Crippen LogP contribution in [0.1, 0.15) is 73.9 Å². The first-order chi connectivity index (χ1) is 21.7. The topological polar surface area (TPSA) is 150 Å². The van der Waals surface area contributed by atoms with Gasteiger partial charge in [0, 0.05) is 24.4 Å². The summed E-state index contributed by atoms with van der Waals surface area (Å²) in [6.07, 6.45) is 6.77. The summed E-state index contributed by atoms with van der Waals surface area (Å²) < 4.78 is 5.75. The van der Waals surface area contributed by atoms with Gasteiger partial charge in [-0.2, -0.15) is 0 Å². The van der Waals surface area contributed by atoms with Crippen LogP contribution < -0.4 is 21.3 Å². The molecular weight excluding hydrogens is 592 g/mol. The quantitative estimate of drug-likeness (QED) is 0.132. The maximum absolute atomic E-state index is 14.0. The van der Waals surface area contributed by atoms with Gasteiger partial charge in [-0.1, -0.05) is 80.6 Å². The Hall–Kier alpha value is -3.83. The van der Waals surface area contributed by atoms with Crippen molar-refractivity contribution in [2.45, 2.75) is 81.3 Å². The van der Waals surface area contributed by atoms with E-state index in [-0.39, 0.29) is 30.6 Å². The standard InChI is InChI=1S/C34H42N4O6S/c39-30-25(15-9-17-35-30)20-29(34(43,45)33(42)36-21-23-12-5-2-6-13-23)38-31(40)26(18-22-10-3-1-4-11-22)37-32(41)28-19-24-14-7-8-16-27(24)44-28/h2,5-8,12-14,16,19,22,25-26,29,43,45H,1,3-4,9-11,15,17-18,20-21H2,(H,35,39)(H,36,42)(H,37,41)(H,38,40)/t25-,26-,29-,34+/m0/s1. The van der Waals surface area contributed by atoms with Crippen molar-refractivity contribution >= 4 is 47.2 Å². The Balaban J connectivity index is 1.36. The number of hydrogen-bond acceptors (Lipinski definition) is 7. The zero-order chi connectivity index (χ0) is 31.8. The number of piperidine rings is 1. The first-order valence-electron chi connectivity index (χ1n) is 15.8. The molecule has 1 aliphatic carbocycles. The van der Waals surface area contributed by atoms with Gasteiger partial charge in [0.2, 0.25) is 16.7 Å². The maximum Gasteiger partial charge on any atom is 0.287 e. The normalized spacial score (nSPS) is 20.0. The molecule has 0 unspecified atom stereocenters. The number of nitrogens with one attached hydrogen (secondary N) is 4. The van der Waals surface area contributed by atoms with Crippen molar-refractivity contribution in [1.82, 2.24) is 21.3 Å². The van der Waals surface area contributed by atoms with Gasteiger partial charge >= 0.3 is 0 Å². The zero-order valence-corrected chi connectivity index (χ0v) is 26.2. The van der Waals surface area contributed by atoms with Crippen LogP contribution in [0.15, 0.2) is 65.1 Å². The fourth-order valence-electron chi connectivity index (χ4n) is 6.32. The number of aliphatic hydroxyl groups is 1. The summed E-state index contributed by atoms with van der Waals surface area (Å²) in [6.45, 7) is 0.692. The molecule has 10 nitrogen and oxygen atoms in total. The number of carbonyl (C=O) groups excluding carboxylic acids is 4. The second-order valence-electron chi connectivity index (χ2n) is 12.2. The molecule has 5 N–H and O–H groups in total. The van der Waals surface area contributed by atoms with Gasteiger partial charge in [-0.05, 0) is 49.3 Å². The number of rotatable bonds is 12. The summed E-state index contributed by atoms with van der Waals surface area (Å²) in [5.74, 6) is -2.33. The Kier molecular flexibility index (Phi) is 10.8.